The smallest absolute Gasteiger partial charge is 0.193 e. The second kappa shape index (κ2) is 8.90. The number of likely N-dealkylation sites (N-methyl/N-ethyl adjacent to an activating group) is 1. The molecule has 0 saturated carbocycles. The van der Waals surface area contributed by atoms with Gasteiger partial charge in [-0.15, -0.1) is 11.3 Å². The summed E-state index contributed by atoms with van der Waals surface area (Å²) in [4.78, 5) is 8.01. The minimum Gasteiger partial charge on any atom is -0.497 e. The van der Waals surface area contributed by atoms with E-state index in [1.165, 1.54) is 10.4 Å². The van der Waals surface area contributed by atoms with Gasteiger partial charge in [-0.1, -0.05) is 32.0 Å². The van der Waals surface area contributed by atoms with Crippen LogP contribution < -0.4 is 10.1 Å². The molecule has 1 heterocycles. The fraction of sp³-hybridized carbons (Fsp3) is 0.450. The summed E-state index contributed by atoms with van der Waals surface area (Å²) in [5.74, 6) is 1.81. The molecule has 1 aromatic heterocycles. The van der Waals surface area contributed by atoms with Gasteiger partial charge in [-0.25, -0.2) is 0 Å². The van der Waals surface area contributed by atoms with Crippen molar-refractivity contribution in [1.82, 2.24) is 10.2 Å². The van der Waals surface area contributed by atoms with Crippen LogP contribution in [0.1, 0.15) is 24.3 Å². The van der Waals surface area contributed by atoms with Gasteiger partial charge < -0.3 is 15.0 Å². The van der Waals surface area contributed by atoms with E-state index >= 15 is 0 Å². The summed E-state index contributed by atoms with van der Waals surface area (Å²) >= 11 is 1.80. The lowest BCUT2D eigenvalue weighted by atomic mass is 9.84. The molecule has 2 rings (SSSR count). The first kappa shape index (κ1) is 19.3. The molecule has 0 saturated heterocycles. The van der Waals surface area contributed by atoms with Gasteiger partial charge in [-0.05, 0) is 35.6 Å². The van der Waals surface area contributed by atoms with E-state index in [2.05, 4.69) is 65.7 Å². The van der Waals surface area contributed by atoms with Crippen LogP contribution in [0.2, 0.25) is 0 Å². The highest BCUT2D eigenvalue weighted by molar-refractivity contribution is 7.09. The maximum atomic E-state index is 5.25. The van der Waals surface area contributed by atoms with Crippen LogP contribution in [0.3, 0.4) is 0 Å². The molecular formula is C20H29N3OS. The monoisotopic (exact) mass is 359 g/mol. The zero-order valence-electron chi connectivity index (χ0n) is 15.9. The molecule has 25 heavy (non-hydrogen) atoms. The minimum atomic E-state index is -0.00317. The molecule has 1 aromatic carbocycles. The third-order valence-corrected chi connectivity index (χ3v) is 5.34. The molecule has 0 bridgehead atoms. The van der Waals surface area contributed by atoms with Crippen LogP contribution in [0, 0.1) is 0 Å². The molecule has 5 heteroatoms. The van der Waals surface area contributed by atoms with Gasteiger partial charge in [0.15, 0.2) is 5.96 Å². The average molecular weight is 360 g/mol. The first-order chi connectivity index (χ1) is 12.0. The zero-order chi connectivity index (χ0) is 18.3. The van der Waals surface area contributed by atoms with Gasteiger partial charge in [0.05, 0.1) is 7.11 Å². The number of ether oxygens (including phenoxy) is 1. The highest BCUT2D eigenvalue weighted by Gasteiger charge is 2.21. The van der Waals surface area contributed by atoms with Crippen molar-refractivity contribution in [3.63, 3.8) is 0 Å². The van der Waals surface area contributed by atoms with Crippen molar-refractivity contribution in [2.24, 2.45) is 4.99 Å². The Morgan fingerprint density at radius 1 is 1.24 bits per heavy atom. The Hall–Kier alpha value is -2.01. The molecule has 0 aliphatic carbocycles. The van der Waals surface area contributed by atoms with Crippen LogP contribution in [0.25, 0.3) is 0 Å². The van der Waals surface area contributed by atoms with Gasteiger partial charge in [0.2, 0.25) is 0 Å². The number of thiophene rings is 1. The highest BCUT2D eigenvalue weighted by atomic mass is 32.1. The lowest BCUT2D eigenvalue weighted by molar-refractivity contribution is 0.413. The van der Waals surface area contributed by atoms with E-state index < -0.39 is 0 Å². The Morgan fingerprint density at radius 2 is 1.96 bits per heavy atom. The van der Waals surface area contributed by atoms with Gasteiger partial charge in [-0.3, -0.25) is 4.99 Å². The lowest BCUT2D eigenvalue weighted by Gasteiger charge is -2.29. The van der Waals surface area contributed by atoms with E-state index in [-0.39, 0.29) is 5.41 Å². The van der Waals surface area contributed by atoms with Gasteiger partial charge in [-0.2, -0.15) is 0 Å². The third kappa shape index (κ3) is 5.49. The Bertz CT molecular complexity index is 663. The summed E-state index contributed by atoms with van der Waals surface area (Å²) in [5, 5.41) is 5.64. The van der Waals surface area contributed by atoms with Crippen LogP contribution in [-0.4, -0.2) is 45.2 Å². The summed E-state index contributed by atoms with van der Waals surface area (Å²) in [5.41, 5.74) is 1.27. The topological polar surface area (TPSA) is 36.9 Å². The molecule has 1 N–H and O–H groups in total. The van der Waals surface area contributed by atoms with Crippen LogP contribution in [0.5, 0.6) is 5.75 Å². The number of benzene rings is 1. The van der Waals surface area contributed by atoms with Crippen molar-refractivity contribution < 1.29 is 4.74 Å². The maximum absolute atomic E-state index is 5.25. The molecule has 0 spiro atoms. The van der Waals surface area contributed by atoms with E-state index in [1.807, 2.05) is 19.2 Å². The van der Waals surface area contributed by atoms with Crippen molar-refractivity contribution in [3.05, 3.63) is 52.2 Å². The van der Waals surface area contributed by atoms with Crippen LogP contribution in [-0.2, 0) is 11.8 Å². The fourth-order valence-electron chi connectivity index (χ4n) is 2.67. The van der Waals surface area contributed by atoms with E-state index in [9.17, 15) is 0 Å². The first-order valence-electron chi connectivity index (χ1n) is 8.55. The molecule has 136 valence electrons. The van der Waals surface area contributed by atoms with Crippen molar-refractivity contribution in [1.29, 1.82) is 0 Å². The number of hydrogen-bond acceptors (Lipinski definition) is 3. The van der Waals surface area contributed by atoms with Gasteiger partial charge in [0, 0.05) is 37.5 Å². The maximum Gasteiger partial charge on any atom is 0.193 e. The summed E-state index contributed by atoms with van der Waals surface area (Å²) < 4.78 is 5.25. The predicted octanol–water partition coefficient (Wildman–Crippen LogP) is 3.78. The molecule has 0 atom stereocenters. The first-order valence-corrected chi connectivity index (χ1v) is 9.43. The summed E-state index contributed by atoms with van der Waals surface area (Å²) in [6.45, 7) is 6.24. The number of aliphatic imine (C=N–C) groups is 1. The van der Waals surface area contributed by atoms with Crippen LogP contribution in [0.4, 0.5) is 0 Å². The van der Waals surface area contributed by atoms with Crippen molar-refractivity contribution >= 4 is 17.3 Å². The Morgan fingerprint density at radius 3 is 2.52 bits per heavy atom. The second-order valence-corrected chi connectivity index (χ2v) is 7.80. The SMILES string of the molecule is CN=C(NCC(C)(C)c1ccc(OC)cc1)N(C)CCc1cccs1. The highest BCUT2D eigenvalue weighted by Crippen LogP contribution is 2.24. The summed E-state index contributed by atoms with van der Waals surface area (Å²) in [6, 6.07) is 12.6. The number of hydrogen-bond donors (Lipinski definition) is 1. The van der Waals surface area contributed by atoms with E-state index in [1.54, 1.807) is 18.4 Å². The molecule has 0 unspecified atom stereocenters. The number of rotatable bonds is 7. The second-order valence-electron chi connectivity index (χ2n) is 6.76. The largest absolute Gasteiger partial charge is 0.497 e. The Kier molecular flexibility index (Phi) is 6.88. The third-order valence-electron chi connectivity index (χ3n) is 4.41. The standard InChI is InChI=1S/C20H29N3OS/c1-20(2,16-8-10-17(24-5)11-9-16)15-22-19(21-3)23(4)13-12-18-7-6-14-25-18/h6-11,14H,12-13,15H2,1-5H3,(H,21,22). The summed E-state index contributed by atoms with van der Waals surface area (Å²) in [7, 11) is 5.62. The number of nitrogens with one attached hydrogen (secondary N) is 1. The molecule has 0 radical (unpaired) electrons. The van der Waals surface area contributed by atoms with Crippen molar-refractivity contribution in [2.45, 2.75) is 25.7 Å². The molecule has 0 aliphatic heterocycles. The average Bonchev–Trinajstić information content (AvgIpc) is 3.14. The van der Waals surface area contributed by atoms with E-state index in [0.717, 1.165) is 31.2 Å². The fourth-order valence-corrected chi connectivity index (χ4v) is 3.37. The Balaban J connectivity index is 1.91. The molecule has 0 aliphatic rings. The van der Waals surface area contributed by atoms with Crippen LogP contribution >= 0.6 is 11.3 Å². The number of guanidine groups is 1. The van der Waals surface area contributed by atoms with Crippen molar-refractivity contribution in [2.75, 3.05) is 34.3 Å². The predicted molar refractivity (Wildman–Crippen MR) is 108 cm³/mol. The van der Waals surface area contributed by atoms with Crippen LogP contribution in [0.15, 0.2) is 46.8 Å². The van der Waals surface area contributed by atoms with Crippen molar-refractivity contribution in [3.8, 4) is 5.75 Å². The molecule has 0 amide bonds. The minimum absolute atomic E-state index is 0.00317. The van der Waals surface area contributed by atoms with E-state index in [4.69, 9.17) is 4.74 Å². The molecule has 0 fully saturated rings. The quantitative estimate of drug-likeness (QED) is 0.604. The normalized spacial score (nSPS) is 12.1. The summed E-state index contributed by atoms with van der Waals surface area (Å²) in [6.07, 6.45) is 1.04. The van der Waals surface area contributed by atoms with E-state index in [0.29, 0.717) is 0 Å². The molecule has 4 nitrogen and oxygen atoms in total. The van der Waals surface area contributed by atoms with Gasteiger partial charge >= 0.3 is 0 Å². The molecule has 2 aromatic rings. The molecular weight excluding hydrogens is 330 g/mol. The lowest BCUT2D eigenvalue weighted by Crippen LogP contribution is -2.44. The van der Waals surface area contributed by atoms with Gasteiger partial charge in [0.25, 0.3) is 0 Å². The Labute approximate surface area is 155 Å². The zero-order valence-corrected chi connectivity index (χ0v) is 16.7. The number of nitrogens with zero attached hydrogens (tertiary/aromatic N) is 2. The number of methoxy groups -OCH3 is 1. The van der Waals surface area contributed by atoms with Gasteiger partial charge in [0.1, 0.15) is 5.75 Å².